The average molecular weight is 673 g/mol. The first-order valence-corrected chi connectivity index (χ1v) is 18.2. The monoisotopic (exact) mass is 672 g/mol. The van der Waals surface area contributed by atoms with Crippen molar-refractivity contribution in [1.29, 1.82) is 0 Å². The van der Waals surface area contributed by atoms with Gasteiger partial charge in [0.2, 0.25) is 0 Å². The van der Waals surface area contributed by atoms with Gasteiger partial charge in [-0.2, -0.15) is 0 Å². The maximum Gasteiger partial charge on any atom is 0.146 e. The van der Waals surface area contributed by atoms with Gasteiger partial charge in [-0.05, 0) is 70.1 Å². The molecule has 244 valence electrons. The number of hydrogen-bond donors (Lipinski definition) is 0. The molecule has 4 nitrogen and oxygen atoms in total. The van der Waals surface area contributed by atoms with E-state index in [0.717, 1.165) is 33.7 Å². The normalized spacial score (nSPS) is 12.5. The molecule has 53 heavy (non-hydrogen) atoms. The van der Waals surface area contributed by atoms with Crippen LogP contribution in [0.4, 0.5) is 17.1 Å². The van der Waals surface area contributed by atoms with Gasteiger partial charge in [0.25, 0.3) is 0 Å². The summed E-state index contributed by atoms with van der Waals surface area (Å²) >= 11 is 0. The predicted octanol–water partition coefficient (Wildman–Crippen LogP) is 13.2. The molecule has 0 aliphatic heterocycles. The quantitative estimate of drug-likeness (QED) is 0.187. The summed E-state index contributed by atoms with van der Waals surface area (Å²) in [5.41, 5.74) is 10.3. The van der Waals surface area contributed by atoms with Gasteiger partial charge in [-0.3, -0.25) is 4.40 Å². The lowest BCUT2D eigenvalue weighted by atomic mass is 9.98. The molecule has 5 aromatic heterocycles. The second-order valence-electron chi connectivity index (χ2n) is 14.4. The molecule has 0 bridgehead atoms. The third kappa shape index (κ3) is 3.39. The van der Waals surface area contributed by atoms with Gasteiger partial charge in [0.05, 0.1) is 39.5 Å². The molecular weight excluding hydrogens is 645 g/mol. The van der Waals surface area contributed by atoms with Gasteiger partial charge < -0.3 is 9.30 Å². The number of para-hydroxylation sites is 4. The van der Waals surface area contributed by atoms with Crippen LogP contribution in [0.2, 0.25) is 0 Å². The Morgan fingerprint density at radius 1 is 0.377 bits per heavy atom. The van der Waals surface area contributed by atoms with Crippen molar-refractivity contribution >= 4 is 115 Å². The Hall–Kier alpha value is -7.17. The molecule has 0 saturated heterocycles. The molecule has 4 heteroatoms. The van der Waals surface area contributed by atoms with Crippen LogP contribution in [-0.2, 0) is 0 Å². The first-order chi connectivity index (χ1) is 26.3. The van der Waals surface area contributed by atoms with E-state index >= 15 is 0 Å². The Morgan fingerprint density at radius 2 is 0.981 bits per heavy atom. The Balaban J connectivity index is 1.26. The number of nitrogens with zero attached hydrogens (tertiary/aromatic N) is 4. The molecule has 5 heterocycles. The molecule has 0 fully saturated rings. The number of anilines is 3. The van der Waals surface area contributed by atoms with E-state index in [0.29, 0.717) is 0 Å². The lowest BCUT2D eigenvalue weighted by molar-refractivity contribution is 1.24. The molecule has 0 spiro atoms. The molecule has 8 aromatic carbocycles. The number of aromatic nitrogens is 3. The maximum absolute atomic E-state index is 5.49. The number of rotatable bonds is 3. The van der Waals surface area contributed by atoms with Crippen molar-refractivity contribution < 1.29 is 0 Å². The summed E-state index contributed by atoms with van der Waals surface area (Å²) in [6, 6.07) is 59.7. The van der Waals surface area contributed by atoms with Crippen molar-refractivity contribution in [1.82, 2.24) is 13.8 Å². The fourth-order valence-corrected chi connectivity index (χ4v) is 9.64. The van der Waals surface area contributed by atoms with Crippen LogP contribution in [0.25, 0.3) is 97.9 Å². The molecule has 13 aromatic rings. The molecule has 0 saturated carbocycles. The van der Waals surface area contributed by atoms with E-state index < -0.39 is 0 Å². The zero-order valence-electron chi connectivity index (χ0n) is 28.5. The summed E-state index contributed by atoms with van der Waals surface area (Å²) < 4.78 is 4.94. The fourth-order valence-electron chi connectivity index (χ4n) is 9.64. The molecular formula is C49H28N4. The topological polar surface area (TPSA) is 24.9 Å². The Bertz CT molecular complexity index is 3580. The second kappa shape index (κ2) is 9.78. The van der Waals surface area contributed by atoms with Crippen LogP contribution in [0.5, 0.6) is 0 Å². The van der Waals surface area contributed by atoms with Gasteiger partial charge in [-0.15, -0.1) is 0 Å². The molecule has 0 N–H and O–H groups in total. The van der Waals surface area contributed by atoms with Crippen LogP contribution < -0.4 is 4.90 Å². The minimum atomic E-state index is 0.987. The van der Waals surface area contributed by atoms with Gasteiger partial charge in [0.1, 0.15) is 5.65 Å². The minimum absolute atomic E-state index is 0.987. The van der Waals surface area contributed by atoms with Gasteiger partial charge in [0.15, 0.2) is 0 Å². The molecule has 0 radical (unpaired) electrons. The van der Waals surface area contributed by atoms with Crippen molar-refractivity contribution in [3.8, 4) is 0 Å². The Labute approximate surface area is 302 Å². The zero-order chi connectivity index (χ0) is 34.4. The first-order valence-electron chi connectivity index (χ1n) is 18.2. The van der Waals surface area contributed by atoms with Crippen LogP contribution in [-0.4, -0.2) is 13.8 Å². The summed E-state index contributed by atoms with van der Waals surface area (Å²) in [4.78, 5) is 7.88. The highest BCUT2D eigenvalue weighted by Crippen LogP contribution is 2.50. The Morgan fingerprint density at radius 3 is 1.75 bits per heavy atom. The van der Waals surface area contributed by atoms with E-state index in [9.17, 15) is 0 Å². The van der Waals surface area contributed by atoms with Crippen LogP contribution in [0.3, 0.4) is 0 Å². The number of pyridine rings is 1. The number of benzene rings is 8. The summed E-state index contributed by atoms with van der Waals surface area (Å²) in [5.74, 6) is 0. The second-order valence-corrected chi connectivity index (χ2v) is 14.4. The third-order valence-corrected chi connectivity index (χ3v) is 11.7. The van der Waals surface area contributed by atoms with Crippen LogP contribution in [0.15, 0.2) is 170 Å². The van der Waals surface area contributed by atoms with Crippen LogP contribution >= 0.6 is 0 Å². The van der Waals surface area contributed by atoms with E-state index in [4.69, 9.17) is 4.98 Å². The minimum Gasteiger partial charge on any atom is -0.308 e. The zero-order valence-corrected chi connectivity index (χ0v) is 28.5. The van der Waals surface area contributed by atoms with Gasteiger partial charge >= 0.3 is 0 Å². The molecule has 0 amide bonds. The Kier molecular flexibility index (Phi) is 5.08. The largest absolute Gasteiger partial charge is 0.308 e. The van der Waals surface area contributed by atoms with E-state index in [1.807, 2.05) is 0 Å². The van der Waals surface area contributed by atoms with Crippen molar-refractivity contribution in [3.05, 3.63) is 170 Å². The average Bonchev–Trinajstić information content (AvgIpc) is 3.94. The van der Waals surface area contributed by atoms with Crippen LogP contribution in [0, 0.1) is 0 Å². The molecule has 0 unspecified atom stereocenters. The summed E-state index contributed by atoms with van der Waals surface area (Å²) in [6.45, 7) is 0. The van der Waals surface area contributed by atoms with Crippen molar-refractivity contribution in [2.24, 2.45) is 0 Å². The van der Waals surface area contributed by atoms with E-state index in [2.05, 4.69) is 184 Å². The van der Waals surface area contributed by atoms with Gasteiger partial charge in [-0.1, -0.05) is 115 Å². The van der Waals surface area contributed by atoms with Crippen molar-refractivity contribution in [2.45, 2.75) is 0 Å². The van der Waals surface area contributed by atoms with Crippen molar-refractivity contribution in [3.63, 3.8) is 0 Å². The summed E-state index contributed by atoms with van der Waals surface area (Å²) in [7, 11) is 0. The van der Waals surface area contributed by atoms with Gasteiger partial charge in [0, 0.05) is 54.5 Å². The lowest BCUT2D eigenvalue weighted by Gasteiger charge is -2.26. The summed E-state index contributed by atoms with van der Waals surface area (Å²) in [5, 5.41) is 15.0. The number of fused-ring (bicyclic) bond motifs is 16. The molecule has 0 aliphatic carbocycles. The van der Waals surface area contributed by atoms with E-state index in [1.54, 1.807) is 0 Å². The highest BCUT2D eigenvalue weighted by Gasteiger charge is 2.28. The fraction of sp³-hybridized carbons (Fsp3) is 0. The SMILES string of the molecule is c1ccc(N(c2ccccc2)c2cccc3c4cc5ccccc5c5c6c7c8cccc9c%10cc%11ccccc%11cc%10n(c7cnc6n(c23)c45)c98)cc1. The highest BCUT2D eigenvalue weighted by molar-refractivity contribution is 6.39. The predicted molar refractivity (Wildman–Crippen MR) is 223 cm³/mol. The smallest absolute Gasteiger partial charge is 0.146 e. The lowest BCUT2D eigenvalue weighted by Crippen LogP contribution is -2.10. The first kappa shape index (κ1) is 27.5. The third-order valence-electron chi connectivity index (χ3n) is 11.7. The van der Waals surface area contributed by atoms with Crippen molar-refractivity contribution in [2.75, 3.05) is 4.90 Å². The molecule has 13 rings (SSSR count). The molecule has 0 atom stereocenters. The van der Waals surface area contributed by atoms with E-state index in [1.165, 1.54) is 81.2 Å². The molecule has 0 aliphatic rings. The van der Waals surface area contributed by atoms with E-state index in [-0.39, 0.29) is 0 Å². The number of hydrogen-bond acceptors (Lipinski definition) is 2. The highest BCUT2D eigenvalue weighted by atomic mass is 15.2. The van der Waals surface area contributed by atoms with Crippen LogP contribution in [0.1, 0.15) is 0 Å². The summed E-state index contributed by atoms with van der Waals surface area (Å²) in [6.07, 6.45) is 2.13. The van der Waals surface area contributed by atoms with Gasteiger partial charge in [-0.25, -0.2) is 4.98 Å². The maximum atomic E-state index is 5.49. The standard InChI is InChI=1S/C49H28N4/c1-3-16-32(17-4-1)51(33-18-5-2-6-19-33)40-24-12-22-36-39-26-31-15-9-10-20-34(31)44-45-43-37-23-11-21-35-38-25-29-13-7-8-14-30(29)27-41(38)52(46(35)37)42(43)28-50-49(45)53(47(36)40)48(39)44/h1-28H.